The molecule has 0 saturated heterocycles. The fourth-order valence-electron chi connectivity index (χ4n) is 2.28. The molecule has 0 aliphatic rings. The summed E-state index contributed by atoms with van der Waals surface area (Å²) < 4.78 is 13.4. The van der Waals surface area contributed by atoms with Crippen LogP contribution in [0.15, 0.2) is 42.5 Å². The second-order valence-corrected chi connectivity index (χ2v) is 5.30. The lowest BCUT2D eigenvalue weighted by atomic mass is 10.1. The summed E-state index contributed by atoms with van der Waals surface area (Å²) in [5.74, 6) is -0.307. The molecule has 0 bridgehead atoms. The quantitative estimate of drug-likeness (QED) is 0.892. The summed E-state index contributed by atoms with van der Waals surface area (Å²) in [6.07, 6.45) is 0.719. The number of halogens is 1. The molecule has 2 rings (SSSR count). The van der Waals surface area contributed by atoms with Crippen LogP contribution in [0.3, 0.4) is 0 Å². The van der Waals surface area contributed by atoms with Crippen molar-refractivity contribution in [2.24, 2.45) is 0 Å². The van der Waals surface area contributed by atoms with Crippen molar-refractivity contribution in [3.05, 3.63) is 70.5 Å². The summed E-state index contributed by atoms with van der Waals surface area (Å²) in [5, 5.41) is 2.89. The summed E-state index contributed by atoms with van der Waals surface area (Å²) in [7, 11) is 0. The molecular formula is C18H20FNO. The van der Waals surface area contributed by atoms with E-state index in [4.69, 9.17) is 0 Å². The van der Waals surface area contributed by atoms with Gasteiger partial charge in [0.2, 0.25) is 5.91 Å². The minimum absolute atomic E-state index is 0.0572. The zero-order valence-corrected chi connectivity index (χ0v) is 12.4. The number of amides is 1. The molecule has 1 N–H and O–H groups in total. The topological polar surface area (TPSA) is 29.1 Å². The van der Waals surface area contributed by atoms with Gasteiger partial charge in [-0.05, 0) is 43.0 Å². The van der Waals surface area contributed by atoms with Crippen LogP contribution in [0.1, 0.15) is 28.7 Å². The predicted octanol–water partition coefficient (Wildman–Crippen LogP) is 3.69. The summed E-state index contributed by atoms with van der Waals surface area (Å²) >= 11 is 0. The van der Waals surface area contributed by atoms with Gasteiger partial charge in [-0.1, -0.05) is 42.0 Å². The lowest BCUT2D eigenvalue weighted by Crippen LogP contribution is -2.23. The number of hydrogen-bond donors (Lipinski definition) is 1. The van der Waals surface area contributed by atoms with Crippen molar-refractivity contribution in [3.8, 4) is 0 Å². The van der Waals surface area contributed by atoms with Crippen LogP contribution in [-0.4, -0.2) is 5.91 Å². The smallest absolute Gasteiger partial charge is 0.220 e. The van der Waals surface area contributed by atoms with Crippen molar-refractivity contribution in [2.45, 2.75) is 33.2 Å². The highest BCUT2D eigenvalue weighted by Gasteiger charge is 2.06. The molecule has 2 nitrogen and oxygen atoms in total. The first kappa shape index (κ1) is 15.2. The van der Waals surface area contributed by atoms with Gasteiger partial charge in [0.25, 0.3) is 0 Å². The number of aryl methyl sites for hydroxylation is 3. The SMILES string of the molecule is Cc1ccc(CNC(=O)CCc2ccccc2F)c(C)c1. The number of carbonyl (C=O) groups excluding carboxylic acids is 1. The van der Waals surface area contributed by atoms with Crippen molar-refractivity contribution in [1.82, 2.24) is 5.32 Å². The molecule has 3 heteroatoms. The maximum Gasteiger partial charge on any atom is 0.220 e. The molecule has 0 aliphatic carbocycles. The van der Waals surface area contributed by atoms with Crippen LogP contribution in [0.25, 0.3) is 0 Å². The highest BCUT2D eigenvalue weighted by molar-refractivity contribution is 5.76. The molecule has 0 spiro atoms. The van der Waals surface area contributed by atoms with E-state index in [2.05, 4.69) is 11.4 Å². The van der Waals surface area contributed by atoms with E-state index >= 15 is 0 Å². The summed E-state index contributed by atoms with van der Waals surface area (Å²) in [4.78, 5) is 11.8. The van der Waals surface area contributed by atoms with Crippen molar-refractivity contribution in [2.75, 3.05) is 0 Å². The van der Waals surface area contributed by atoms with Crippen LogP contribution in [0.5, 0.6) is 0 Å². The summed E-state index contributed by atoms with van der Waals surface area (Å²) in [5.41, 5.74) is 4.07. The molecule has 110 valence electrons. The zero-order valence-electron chi connectivity index (χ0n) is 12.4. The predicted molar refractivity (Wildman–Crippen MR) is 82.5 cm³/mol. The highest BCUT2D eigenvalue weighted by atomic mass is 19.1. The number of benzene rings is 2. The van der Waals surface area contributed by atoms with E-state index in [1.54, 1.807) is 18.2 Å². The average molecular weight is 285 g/mol. The summed E-state index contributed by atoms with van der Waals surface area (Å²) in [6, 6.07) is 12.7. The Bertz CT molecular complexity index is 637. The first-order chi connectivity index (χ1) is 10.1. The van der Waals surface area contributed by atoms with Gasteiger partial charge in [0.05, 0.1) is 0 Å². The molecule has 0 saturated carbocycles. The van der Waals surface area contributed by atoms with E-state index in [0.717, 1.165) is 5.56 Å². The van der Waals surface area contributed by atoms with E-state index < -0.39 is 0 Å². The van der Waals surface area contributed by atoms with Gasteiger partial charge in [0.1, 0.15) is 5.82 Å². The monoisotopic (exact) mass is 285 g/mol. The first-order valence-corrected chi connectivity index (χ1v) is 7.12. The van der Waals surface area contributed by atoms with Crippen LogP contribution in [0, 0.1) is 19.7 Å². The Kier molecular flexibility index (Phi) is 5.09. The van der Waals surface area contributed by atoms with Gasteiger partial charge in [-0.2, -0.15) is 0 Å². The van der Waals surface area contributed by atoms with Crippen LogP contribution in [0.4, 0.5) is 4.39 Å². The fourth-order valence-corrected chi connectivity index (χ4v) is 2.28. The Morgan fingerprint density at radius 1 is 1.10 bits per heavy atom. The Balaban J connectivity index is 1.84. The van der Waals surface area contributed by atoms with Crippen molar-refractivity contribution >= 4 is 5.91 Å². The largest absolute Gasteiger partial charge is 0.352 e. The van der Waals surface area contributed by atoms with Gasteiger partial charge < -0.3 is 5.32 Å². The van der Waals surface area contributed by atoms with Gasteiger partial charge in [-0.25, -0.2) is 4.39 Å². The van der Waals surface area contributed by atoms with Crippen molar-refractivity contribution in [1.29, 1.82) is 0 Å². The fraction of sp³-hybridized carbons (Fsp3) is 0.278. The Hall–Kier alpha value is -2.16. The molecule has 0 aliphatic heterocycles. The minimum Gasteiger partial charge on any atom is -0.352 e. The van der Waals surface area contributed by atoms with Crippen LogP contribution in [-0.2, 0) is 17.8 Å². The highest BCUT2D eigenvalue weighted by Crippen LogP contribution is 2.11. The average Bonchev–Trinajstić information content (AvgIpc) is 2.45. The zero-order chi connectivity index (χ0) is 15.2. The van der Waals surface area contributed by atoms with Crippen LogP contribution >= 0.6 is 0 Å². The Morgan fingerprint density at radius 2 is 1.86 bits per heavy atom. The third kappa shape index (κ3) is 4.42. The van der Waals surface area contributed by atoms with E-state index in [1.165, 1.54) is 17.2 Å². The molecule has 0 radical (unpaired) electrons. The Labute approximate surface area is 125 Å². The van der Waals surface area contributed by atoms with Gasteiger partial charge in [0, 0.05) is 13.0 Å². The van der Waals surface area contributed by atoms with Crippen molar-refractivity contribution in [3.63, 3.8) is 0 Å². The minimum atomic E-state index is -0.250. The van der Waals surface area contributed by atoms with Gasteiger partial charge in [-0.3, -0.25) is 4.79 Å². The molecule has 0 unspecified atom stereocenters. The molecule has 0 fully saturated rings. The van der Waals surface area contributed by atoms with E-state index in [-0.39, 0.29) is 11.7 Å². The second kappa shape index (κ2) is 7.02. The molecule has 1 amide bonds. The standard InChI is InChI=1S/C18H20FNO/c1-13-7-8-16(14(2)11-13)12-20-18(21)10-9-15-5-3-4-6-17(15)19/h3-8,11H,9-10,12H2,1-2H3,(H,20,21). The molecule has 0 atom stereocenters. The lowest BCUT2D eigenvalue weighted by molar-refractivity contribution is -0.121. The maximum absolute atomic E-state index is 13.4. The third-order valence-corrected chi connectivity index (χ3v) is 3.55. The van der Waals surface area contributed by atoms with Crippen molar-refractivity contribution < 1.29 is 9.18 Å². The lowest BCUT2D eigenvalue weighted by Gasteiger charge is -2.09. The number of hydrogen-bond acceptors (Lipinski definition) is 1. The maximum atomic E-state index is 13.4. The normalized spacial score (nSPS) is 10.4. The molecular weight excluding hydrogens is 265 g/mol. The number of nitrogens with one attached hydrogen (secondary N) is 1. The van der Waals surface area contributed by atoms with E-state index in [0.29, 0.717) is 24.9 Å². The van der Waals surface area contributed by atoms with Crippen LogP contribution in [0.2, 0.25) is 0 Å². The number of carbonyl (C=O) groups is 1. The molecule has 0 heterocycles. The molecule has 0 aromatic heterocycles. The van der Waals surface area contributed by atoms with E-state index in [9.17, 15) is 9.18 Å². The Morgan fingerprint density at radius 3 is 2.57 bits per heavy atom. The number of rotatable bonds is 5. The van der Waals surface area contributed by atoms with Crippen LogP contribution < -0.4 is 5.32 Å². The third-order valence-electron chi connectivity index (χ3n) is 3.55. The van der Waals surface area contributed by atoms with E-state index in [1.807, 2.05) is 26.0 Å². The van der Waals surface area contributed by atoms with Gasteiger partial charge in [0.15, 0.2) is 0 Å². The first-order valence-electron chi connectivity index (χ1n) is 7.12. The molecule has 21 heavy (non-hydrogen) atoms. The summed E-state index contributed by atoms with van der Waals surface area (Å²) in [6.45, 7) is 4.60. The van der Waals surface area contributed by atoms with Gasteiger partial charge in [-0.15, -0.1) is 0 Å². The molecule has 2 aromatic carbocycles. The second-order valence-electron chi connectivity index (χ2n) is 5.30. The molecule has 2 aromatic rings. The van der Waals surface area contributed by atoms with Gasteiger partial charge >= 0.3 is 0 Å².